The van der Waals surface area contributed by atoms with Crippen LogP contribution in [0.1, 0.15) is 31.1 Å². The number of aromatic carboxylic acids is 1. The summed E-state index contributed by atoms with van der Waals surface area (Å²) in [6.45, 7) is 5.27. The first kappa shape index (κ1) is 17.1. The SMILES string of the molecule is CC(C)(C)CS(=O)(=O)Nc1c(Cl)cc(Cl)cc1C(=O)O. The van der Waals surface area contributed by atoms with Crippen LogP contribution in [-0.2, 0) is 10.0 Å². The Morgan fingerprint density at radius 1 is 1.30 bits per heavy atom. The summed E-state index contributed by atoms with van der Waals surface area (Å²) < 4.78 is 26.3. The van der Waals surface area contributed by atoms with E-state index in [9.17, 15) is 13.2 Å². The number of hydrogen-bond donors (Lipinski definition) is 2. The number of carboxylic acid groups (broad SMARTS) is 1. The molecule has 0 aliphatic heterocycles. The standard InChI is InChI=1S/C12H15Cl2NO4S/c1-12(2,3)6-20(18,19)15-10-8(11(16)17)4-7(13)5-9(10)14/h4-5,15H,6H2,1-3H3,(H,16,17). The smallest absolute Gasteiger partial charge is 0.337 e. The van der Waals surface area contributed by atoms with Gasteiger partial charge in [-0.05, 0) is 17.5 Å². The zero-order valence-corrected chi connectivity index (χ0v) is 13.5. The number of nitrogens with one attached hydrogen (secondary N) is 1. The number of sulfonamides is 1. The van der Waals surface area contributed by atoms with Gasteiger partial charge in [0.05, 0.1) is 22.0 Å². The molecule has 0 atom stereocenters. The fraction of sp³-hybridized carbons (Fsp3) is 0.417. The van der Waals surface area contributed by atoms with Gasteiger partial charge in [0, 0.05) is 5.02 Å². The van der Waals surface area contributed by atoms with E-state index in [1.165, 1.54) is 6.07 Å². The topological polar surface area (TPSA) is 83.5 Å². The molecule has 112 valence electrons. The van der Waals surface area contributed by atoms with E-state index >= 15 is 0 Å². The molecule has 0 aliphatic rings. The van der Waals surface area contributed by atoms with Gasteiger partial charge in [-0.1, -0.05) is 44.0 Å². The highest BCUT2D eigenvalue weighted by Gasteiger charge is 2.25. The highest BCUT2D eigenvalue weighted by Crippen LogP contribution is 2.31. The van der Waals surface area contributed by atoms with Gasteiger partial charge in [0.15, 0.2) is 0 Å². The van der Waals surface area contributed by atoms with Crippen LogP contribution in [0, 0.1) is 5.41 Å². The van der Waals surface area contributed by atoms with Crippen molar-refractivity contribution >= 4 is 44.9 Å². The van der Waals surface area contributed by atoms with Crippen LogP contribution < -0.4 is 4.72 Å². The van der Waals surface area contributed by atoms with E-state index in [0.29, 0.717) is 0 Å². The van der Waals surface area contributed by atoms with Crippen LogP contribution in [0.25, 0.3) is 0 Å². The monoisotopic (exact) mass is 339 g/mol. The Morgan fingerprint density at radius 2 is 1.85 bits per heavy atom. The van der Waals surface area contributed by atoms with Gasteiger partial charge in [0.2, 0.25) is 10.0 Å². The Kier molecular flexibility index (Phi) is 4.94. The van der Waals surface area contributed by atoms with Gasteiger partial charge >= 0.3 is 5.97 Å². The van der Waals surface area contributed by atoms with E-state index in [4.69, 9.17) is 28.3 Å². The molecule has 0 unspecified atom stereocenters. The quantitative estimate of drug-likeness (QED) is 0.879. The molecule has 1 aromatic carbocycles. The average Bonchev–Trinajstić information content (AvgIpc) is 2.17. The second-order valence-corrected chi connectivity index (χ2v) is 8.10. The number of carbonyl (C=O) groups is 1. The first-order valence-electron chi connectivity index (χ1n) is 5.64. The lowest BCUT2D eigenvalue weighted by atomic mass is 10.0. The van der Waals surface area contributed by atoms with E-state index in [-0.39, 0.29) is 27.0 Å². The number of benzene rings is 1. The number of carboxylic acids is 1. The van der Waals surface area contributed by atoms with Gasteiger partial charge in [-0.3, -0.25) is 4.72 Å². The van der Waals surface area contributed by atoms with Crippen molar-refractivity contribution in [3.05, 3.63) is 27.7 Å². The molecule has 0 aliphatic carbocycles. The van der Waals surface area contributed by atoms with E-state index < -0.39 is 21.4 Å². The third kappa shape index (κ3) is 4.85. The van der Waals surface area contributed by atoms with Crippen molar-refractivity contribution in [1.29, 1.82) is 0 Å². The maximum Gasteiger partial charge on any atom is 0.337 e. The maximum absolute atomic E-state index is 12.0. The fourth-order valence-corrected chi connectivity index (χ4v) is 3.95. The van der Waals surface area contributed by atoms with E-state index in [2.05, 4.69) is 4.72 Å². The Labute approximate surface area is 127 Å². The summed E-state index contributed by atoms with van der Waals surface area (Å²) in [5, 5.41) is 9.15. The van der Waals surface area contributed by atoms with Crippen LogP contribution in [0.4, 0.5) is 5.69 Å². The third-order valence-corrected chi connectivity index (χ3v) is 4.44. The molecule has 1 rings (SSSR count). The van der Waals surface area contributed by atoms with Crippen LogP contribution >= 0.6 is 23.2 Å². The molecule has 0 amide bonds. The zero-order chi connectivity index (χ0) is 15.7. The molecule has 0 fully saturated rings. The molecule has 0 saturated carbocycles. The predicted molar refractivity (Wildman–Crippen MR) is 80.3 cm³/mol. The summed E-state index contributed by atoms with van der Waals surface area (Å²) in [6, 6.07) is 2.43. The van der Waals surface area contributed by atoms with E-state index in [1.54, 1.807) is 20.8 Å². The Bertz CT molecular complexity index is 636. The molecule has 0 spiro atoms. The lowest BCUT2D eigenvalue weighted by Crippen LogP contribution is -2.27. The van der Waals surface area contributed by atoms with Crippen molar-refractivity contribution in [2.24, 2.45) is 5.41 Å². The molecule has 0 bridgehead atoms. The van der Waals surface area contributed by atoms with Gasteiger partial charge in [-0.15, -0.1) is 0 Å². The molecule has 0 aromatic heterocycles. The minimum atomic E-state index is -3.72. The van der Waals surface area contributed by atoms with Gasteiger partial charge in [0.1, 0.15) is 0 Å². The lowest BCUT2D eigenvalue weighted by Gasteiger charge is -2.20. The van der Waals surface area contributed by atoms with Crippen molar-refractivity contribution in [3.63, 3.8) is 0 Å². The molecule has 0 radical (unpaired) electrons. The summed E-state index contributed by atoms with van der Waals surface area (Å²) in [5.41, 5.74) is -0.943. The van der Waals surface area contributed by atoms with Crippen molar-refractivity contribution in [1.82, 2.24) is 0 Å². The van der Waals surface area contributed by atoms with Crippen LogP contribution in [0.5, 0.6) is 0 Å². The Balaban J connectivity index is 3.25. The Hall–Kier alpha value is -0.980. The molecule has 1 aromatic rings. The number of rotatable bonds is 4. The number of hydrogen-bond acceptors (Lipinski definition) is 3. The second kappa shape index (κ2) is 5.79. The summed E-state index contributed by atoms with van der Waals surface area (Å²) in [5.74, 6) is -1.49. The maximum atomic E-state index is 12.0. The Morgan fingerprint density at radius 3 is 2.30 bits per heavy atom. The average molecular weight is 340 g/mol. The highest BCUT2D eigenvalue weighted by molar-refractivity contribution is 7.92. The second-order valence-electron chi connectivity index (χ2n) is 5.54. The molecular formula is C12H15Cl2NO4S. The van der Waals surface area contributed by atoms with Gasteiger partial charge in [-0.25, -0.2) is 13.2 Å². The van der Waals surface area contributed by atoms with Crippen molar-refractivity contribution < 1.29 is 18.3 Å². The molecule has 8 heteroatoms. The third-order valence-electron chi connectivity index (χ3n) is 2.17. The van der Waals surface area contributed by atoms with Crippen LogP contribution in [0.2, 0.25) is 10.0 Å². The van der Waals surface area contributed by atoms with Crippen molar-refractivity contribution in [2.45, 2.75) is 20.8 Å². The normalized spacial score (nSPS) is 12.2. The minimum absolute atomic E-state index is 0.0626. The van der Waals surface area contributed by atoms with Gasteiger partial charge < -0.3 is 5.11 Å². The lowest BCUT2D eigenvalue weighted by molar-refractivity contribution is 0.0698. The highest BCUT2D eigenvalue weighted by atomic mass is 35.5. The van der Waals surface area contributed by atoms with Gasteiger partial charge in [0.25, 0.3) is 0 Å². The number of halogens is 2. The molecule has 0 heterocycles. The van der Waals surface area contributed by atoms with Gasteiger partial charge in [-0.2, -0.15) is 0 Å². The first-order valence-corrected chi connectivity index (χ1v) is 8.05. The minimum Gasteiger partial charge on any atom is -0.478 e. The van der Waals surface area contributed by atoms with E-state index in [0.717, 1.165) is 6.07 Å². The first-order chi connectivity index (χ1) is 8.91. The summed E-state index contributed by atoms with van der Waals surface area (Å²) in [4.78, 5) is 11.1. The molecular weight excluding hydrogens is 325 g/mol. The summed E-state index contributed by atoms with van der Waals surface area (Å²) >= 11 is 11.6. The van der Waals surface area contributed by atoms with E-state index in [1.807, 2.05) is 0 Å². The fourth-order valence-electron chi connectivity index (χ4n) is 1.61. The predicted octanol–water partition coefficient (Wildman–Crippen LogP) is 3.48. The van der Waals surface area contributed by atoms with Crippen molar-refractivity contribution in [3.8, 4) is 0 Å². The van der Waals surface area contributed by atoms with Crippen molar-refractivity contribution in [2.75, 3.05) is 10.5 Å². The molecule has 0 saturated heterocycles. The molecule has 2 N–H and O–H groups in total. The van der Waals surface area contributed by atoms with Crippen LogP contribution in [-0.4, -0.2) is 25.2 Å². The largest absolute Gasteiger partial charge is 0.478 e. The molecule has 20 heavy (non-hydrogen) atoms. The molecule has 5 nitrogen and oxygen atoms in total. The van der Waals surface area contributed by atoms with Crippen LogP contribution in [0.15, 0.2) is 12.1 Å². The van der Waals surface area contributed by atoms with Crippen LogP contribution in [0.3, 0.4) is 0 Å². The summed E-state index contributed by atoms with van der Waals surface area (Å²) in [6.07, 6.45) is 0. The zero-order valence-electron chi connectivity index (χ0n) is 11.2. The number of anilines is 1. The summed E-state index contributed by atoms with van der Waals surface area (Å²) in [7, 11) is -3.72.